The minimum Gasteiger partial charge on any atom is -0.457 e. The maximum absolute atomic E-state index is 11.8. The molecule has 0 saturated carbocycles. The molecule has 2 atom stereocenters. The molecule has 0 bridgehead atoms. The fourth-order valence-corrected chi connectivity index (χ4v) is 3.62. The summed E-state index contributed by atoms with van der Waals surface area (Å²) in [5.41, 5.74) is 5.25. The summed E-state index contributed by atoms with van der Waals surface area (Å²) in [6, 6.07) is 0. The van der Waals surface area contributed by atoms with Crippen molar-refractivity contribution in [1.29, 1.82) is 0 Å². The Morgan fingerprint density at radius 3 is 2.03 bits per heavy atom. The summed E-state index contributed by atoms with van der Waals surface area (Å²) in [6.45, 7) is 4.51. The first-order valence-electron chi connectivity index (χ1n) is 11.5. The van der Waals surface area contributed by atoms with Crippen molar-refractivity contribution in [3.05, 3.63) is 0 Å². The number of esters is 1. The van der Waals surface area contributed by atoms with Crippen molar-refractivity contribution in [2.75, 3.05) is 33.0 Å². The van der Waals surface area contributed by atoms with E-state index in [0.717, 1.165) is 12.8 Å². The number of phosphoric ester groups is 1. The topological polar surface area (TPSA) is 117 Å². The summed E-state index contributed by atoms with van der Waals surface area (Å²) in [4.78, 5) is 21.3. The summed E-state index contributed by atoms with van der Waals surface area (Å²) >= 11 is 0. The van der Waals surface area contributed by atoms with Crippen molar-refractivity contribution in [2.45, 2.75) is 97.0 Å². The number of hydrogen-bond acceptors (Lipinski definition) is 7. The molecule has 180 valence electrons. The van der Waals surface area contributed by atoms with Crippen molar-refractivity contribution >= 4 is 13.8 Å². The predicted molar refractivity (Wildman–Crippen MR) is 118 cm³/mol. The van der Waals surface area contributed by atoms with Crippen LogP contribution in [-0.4, -0.2) is 49.9 Å². The molecule has 0 fully saturated rings. The van der Waals surface area contributed by atoms with Crippen LogP contribution in [0.15, 0.2) is 0 Å². The molecule has 0 spiro atoms. The third kappa shape index (κ3) is 19.5. The Morgan fingerprint density at radius 1 is 0.867 bits per heavy atom. The maximum atomic E-state index is 11.8. The Morgan fingerprint density at radius 2 is 1.47 bits per heavy atom. The lowest BCUT2D eigenvalue weighted by atomic mass is 10.1. The first kappa shape index (κ1) is 29.5. The van der Waals surface area contributed by atoms with Crippen molar-refractivity contribution in [3.63, 3.8) is 0 Å². The number of ether oxygens (including phenoxy) is 2. The van der Waals surface area contributed by atoms with Gasteiger partial charge in [-0.2, -0.15) is 0 Å². The van der Waals surface area contributed by atoms with Crippen LogP contribution in [0.2, 0.25) is 0 Å². The molecule has 0 aromatic heterocycles. The Balaban J connectivity index is 3.98. The Labute approximate surface area is 182 Å². The van der Waals surface area contributed by atoms with Crippen LogP contribution in [-0.2, 0) is 27.9 Å². The van der Waals surface area contributed by atoms with E-state index in [9.17, 15) is 14.3 Å². The number of hydrogen-bond donors (Lipinski definition) is 2. The lowest BCUT2D eigenvalue weighted by Crippen LogP contribution is -2.28. The number of nitrogens with two attached hydrogens (primary N) is 1. The van der Waals surface area contributed by atoms with Crippen LogP contribution in [0.3, 0.4) is 0 Å². The van der Waals surface area contributed by atoms with Crippen LogP contribution in [0.5, 0.6) is 0 Å². The zero-order valence-corrected chi connectivity index (χ0v) is 19.9. The van der Waals surface area contributed by atoms with Gasteiger partial charge in [0.05, 0.1) is 19.8 Å². The highest BCUT2D eigenvalue weighted by molar-refractivity contribution is 7.47. The molecule has 8 nitrogen and oxygen atoms in total. The number of unbranched alkanes of at least 4 members (excludes halogenated alkanes) is 9. The number of phosphoric acid groups is 1. The van der Waals surface area contributed by atoms with Gasteiger partial charge < -0.3 is 20.1 Å². The second kappa shape index (κ2) is 20.4. The van der Waals surface area contributed by atoms with Crippen LogP contribution in [0.25, 0.3) is 0 Å². The van der Waals surface area contributed by atoms with Gasteiger partial charge >= 0.3 is 13.8 Å². The monoisotopic (exact) mass is 453 g/mol. The van der Waals surface area contributed by atoms with Gasteiger partial charge in [0.25, 0.3) is 0 Å². The summed E-state index contributed by atoms with van der Waals surface area (Å²) in [5.74, 6) is -0.385. The van der Waals surface area contributed by atoms with Gasteiger partial charge in [0.2, 0.25) is 0 Å². The second-order valence-electron chi connectivity index (χ2n) is 7.50. The van der Waals surface area contributed by atoms with Crippen molar-refractivity contribution in [1.82, 2.24) is 0 Å². The minimum absolute atomic E-state index is 0.0939. The molecule has 0 aromatic rings. The standard InChI is InChI=1S/C21H44NO7P/c1-3-5-6-7-8-9-10-11-12-13-16-26-18-20(29-21(23)14-4-2)19-28-30(24,25)27-17-15-22/h20H,3-19,22H2,1-2H3,(H,24,25). The quantitative estimate of drug-likeness (QED) is 0.137. The SMILES string of the molecule is CCCCCCCCCCCCOCC(COP(=O)(O)OCCN)OC(=O)CCC. The fourth-order valence-electron chi connectivity index (χ4n) is 2.85. The zero-order chi connectivity index (χ0) is 22.5. The smallest absolute Gasteiger partial charge is 0.457 e. The molecule has 0 rings (SSSR count). The summed E-state index contributed by atoms with van der Waals surface area (Å²) < 4.78 is 32.2. The molecule has 0 aliphatic rings. The first-order chi connectivity index (χ1) is 14.4. The molecule has 0 saturated heterocycles. The number of carbonyl (C=O) groups excluding carboxylic acids is 1. The van der Waals surface area contributed by atoms with Gasteiger partial charge in [-0.15, -0.1) is 0 Å². The normalized spacial score (nSPS) is 14.4. The highest BCUT2D eigenvalue weighted by atomic mass is 31.2. The van der Waals surface area contributed by atoms with E-state index in [1.807, 2.05) is 6.92 Å². The molecule has 0 aliphatic carbocycles. The Kier molecular flexibility index (Phi) is 20.1. The highest BCUT2D eigenvalue weighted by Crippen LogP contribution is 2.43. The molecule has 30 heavy (non-hydrogen) atoms. The molecule has 9 heteroatoms. The lowest BCUT2D eigenvalue weighted by Gasteiger charge is -2.19. The van der Waals surface area contributed by atoms with Crippen molar-refractivity contribution in [3.8, 4) is 0 Å². The molecular weight excluding hydrogens is 409 g/mol. The summed E-state index contributed by atoms with van der Waals surface area (Å²) in [7, 11) is -4.22. The molecular formula is C21H44NO7P. The van der Waals surface area contributed by atoms with Gasteiger partial charge in [0, 0.05) is 19.6 Å². The third-order valence-corrected chi connectivity index (χ3v) is 5.48. The third-order valence-electron chi connectivity index (χ3n) is 4.49. The molecule has 2 unspecified atom stereocenters. The molecule has 0 aromatic carbocycles. The molecule has 3 N–H and O–H groups in total. The van der Waals surface area contributed by atoms with Crippen LogP contribution in [0, 0.1) is 0 Å². The number of carbonyl (C=O) groups is 1. The van der Waals surface area contributed by atoms with Crippen molar-refractivity contribution in [2.24, 2.45) is 5.73 Å². The van der Waals surface area contributed by atoms with E-state index in [1.54, 1.807) is 0 Å². The van der Waals surface area contributed by atoms with E-state index in [2.05, 4.69) is 11.4 Å². The number of rotatable bonds is 22. The predicted octanol–water partition coefficient (Wildman–Crippen LogP) is 4.73. The van der Waals surface area contributed by atoms with E-state index in [4.69, 9.17) is 19.7 Å². The lowest BCUT2D eigenvalue weighted by molar-refractivity contribution is -0.154. The van der Waals surface area contributed by atoms with Gasteiger partial charge in [-0.25, -0.2) is 4.57 Å². The highest BCUT2D eigenvalue weighted by Gasteiger charge is 2.24. The molecule has 0 radical (unpaired) electrons. The first-order valence-corrected chi connectivity index (χ1v) is 13.0. The summed E-state index contributed by atoms with van der Waals surface area (Å²) in [6.07, 6.45) is 12.6. The Bertz CT molecular complexity index is 451. The van der Waals surface area contributed by atoms with Gasteiger partial charge in [-0.3, -0.25) is 13.8 Å². The molecule has 0 aliphatic heterocycles. The minimum atomic E-state index is -4.22. The van der Waals surface area contributed by atoms with E-state index in [1.165, 1.54) is 51.4 Å². The van der Waals surface area contributed by atoms with Gasteiger partial charge in [-0.05, 0) is 12.8 Å². The van der Waals surface area contributed by atoms with E-state index in [-0.39, 0.29) is 38.8 Å². The second-order valence-corrected chi connectivity index (χ2v) is 8.96. The Hall–Kier alpha value is -0.500. The summed E-state index contributed by atoms with van der Waals surface area (Å²) in [5, 5.41) is 0. The average Bonchev–Trinajstić information content (AvgIpc) is 2.71. The van der Waals surface area contributed by atoms with Crippen molar-refractivity contribution < 1.29 is 32.8 Å². The van der Waals surface area contributed by atoms with Crippen LogP contribution >= 0.6 is 7.82 Å². The van der Waals surface area contributed by atoms with E-state index in [0.29, 0.717) is 13.0 Å². The van der Waals surface area contributed by atoms with E-state index < -0.39 is 13.9 Å². The maximum Gasteiger partial charge on any atom is 0.472 e. The molecule has 0 heterocycles. The molecule has 0 amide bonds. The van der Waals surface area contributed by atoms with Gasteiger partial charge in [0.1, 0.15) is 6.10 Å². The van der Waals surface area contributed by atoms with E-state index >= 15 is 0 Å². The zero-order valence-electron chi connectivity index (χ0n) is 19.0. The largest absolute Gasteiger partial charge is 0.472 e. The van der Waals surface area contributed by atoms with Gasteiger partial charge in [-0.1, -0.05) is 71.6 Å². The van der Waals surface area contributed by atoms with Crippen LogP contribution in [0.1, 0.15) is 90.9 Å². The fraction of sp³-hybridized carbons (Fsp3) is 0.952. The van der Waals surface area contributed by atoms with Gasteiger partial charge in [0.15, 0.2) is 0 Å². The van der Waals surface area contributed by atoms with Crippen LogP contribution < -0.4 is 5.73 Å². The average molecular weight is 454 g/mol. The van der Waals surface area contributed by atoms with Crippen LogP contribution in [0.4, 0.5) is 0 Å².